The first kappa shape index (κ1) is 18.7. The van der Waals surface area contributed by atoms with Crippen molar-refractivity contribution in [3.05, 3.63) is 35.6 Å². The molecule has 0 radical (unpaired) electrons. The Bertz CT molecular complexity index is 878. The highest BCUT2D eigenvalue weighted by atomic mass is 19.1. The third-order valence-electron chi connectivity index (χ3n) is 5.38. The molecule has 2 saturated heterocycles. The summed E-state index contributed by atoms with van der Waals surface area (Å²) < 4.78 is 21.5. The molecule has 8 nitrogen and oxygen atoms in total. The molecule has 3 heterocycles. The van der Waals surface area contributed by atoms with Gasteiger partial charge in [0, 0.05) is 32.7 Å². The van der Waals surface area contributed by atoms with Gasteiger partial charge in [-0.2, -0.15) is 0 Å². The zero-order chi connectivity index (χ0) is 19.8. The van der Waals surface area contributed by atoms with Gasteiger partial charge < -0.3 is 4.74 Å². The third kappa shape index (κ3) is 3.20. The van der Waals surface area contributed by atoms with Crippen LogP contribution in [-0.2, 0) is 16.1 Å². The summed E-state index contributed by atoms with van der Waals surface area (Å²) in [5.41, 5.74) is 0.480. The molecule has 0 aliphatic carbocycles. The van der Waals surface area contributed by atoms with Gasteiger partial charge in [0.1, 0.15) is 18.9 Å². The monoisotopic (exact) mass is 388 g/mol. The zero-order valence-electron chi connectivity index (χ0n) is 16.0. The lowest BCUT2D eigenvalue weighted by Crippen LogP contribution is -2.61. The van der Waals surface area contributed by atoms with Crippen molar-refractivity contribution >= 4 is 23.6 Å². The van der Waals surface area contributed by atoms with Gasteiger partial charge in [-0.15, -0.1) is 0 Å². The molecule has 28 heavy (non-hydrogen) atoms. The fourth-order valence-electron chi connectivity index (χ4n) is 3.73. The van der Waals surface area contributed by atoms with Crippen LogP contribution in [0.4, 0.5) is 9.18 Å². The van der Waals surface area contributed by atoms with Crippen LogP contribution in [0, 0.1) is 5.82 Å². The van der Waals surface area contributed by atoms with Crippen molar-refractivity contribution < 1.29 is 23.3 Å². The fourth-order valence-corrected chi connectivity index (χ4v) is 3.73. The predicted molar refractivity (Wildman–Crippen MR) is 99.8 cm³/mol. The summed E-state index contributed by atoms with van der Waals surface area (Å²) in [5, 5.41) is 0. The molecular weight excluding hydrogens is 365 g/mol. The molecule has 3 aliphatic heterocycles. The van der Waals surface area contributed by atoms with Gasteiger partial charge in [0.05, 0.1) is 13.2 Å². The first-order valence-electron chi connectivity index (χ1n) is 9.27. The van der Waals surface area contributed by atoms with E-state index in [0.717, 1.165) is 18.0 Å². The lowest BCUT2D eigenvalue weighted by Gasteiger charge is -2.30. The first-order chi connectivity index (χ1) is 13.5. The minimum atomic E-state index is -0.733. The molecule has 4 rings (SSSR count). The molecule has 9 heteroatoms. The lowest BCUT2D eigenvalue weighted by molar-refractivity contribution is -0.552. The topological polar surface area (TPSA) is 68.5 Å². The number of aliphatic imine (C=N–C) groups is 1. The Morgan fingerprint density at radius 3 is 2.61 bits per heavy atom. The fraction of sp³-hybridized carbons (Fsp3) is 0.474. The Kier molecular flexibility index (Phi) is 4.94. The Morgan fingerprint density at radius 2 is 1.89 bits per heavy atom. The number of fused-ring (bicyclic) bond motifs is 1. The standard InChI is InChI=1S/C19H23FN5O3/c1-22-17-16(18(26)23(2)19(22)27)25(11-13-5-3-4-6-14(13)20)15(21-17)12-24-7-9-28-10-8-24/h3-6,16H,7-12H2,1-2H3/q+1. The Labute approximate surface area is 162 Å². The number of nitrogens with zero attached hydrogens (tertiary/aromatic N) is 5. The van der Waals surface area contributed by atoms with E-state index in [1.165, 1.54) is 18.0 Å². The number of imide groups is 1. The molecule has 3 amide bonds. The van der Waals surface area contributed by atoms with Crippen LogP contribution in [0.5, 0.6) is 0 Å². The van der Waals surface area contributed by atoms with Gasteiger partial charge >= 0.3 is 11.9 Å². The summed E-state index contributed by atoms with van der Waals surface area (Å²) in [7, 11) is 3.06. The van der Waals surface area contributed by atoms with E-state index in [9.17, 15) is 14.0 Å². The van der Waals surface area contributed by atoms with Crippen molar-refractivity contribution in [2.45, 2.75) is 12.6 Å². The van der Waals surface area contributed by atoms with Crippen LogP contribution in [-0.4, -0.2) is 95.9 Å². The van der Waals surface area contributed by atoms with E-state index in [1.54, 1.807) is 25.2 Å². The number of hydrogen-bond donors (Lipinski definition) is 0. The molecule has 0 spiro atoms. The minimum Gasteiger partial charge on any atom is -0.379 e. The van der Waals surface area contributed by atoms with Crippen LogP contribution in [0.1, 0.15) is 5.56 Å². The number of amidine groups is 2. The third-order valence-corrected chi connectivity index (χ3v) is 5.38. The quantitative estimate of drug-likeness (QED) is 0.699. The highest BCUT2D eigenvalue weighted by Crippen LogP contribution is 2.22. The predicted octanol–water partition coefficient (Wildman–Crippen LogP) is 0.373. The highest BCUT2D eigenvalue weighted by Gasteiger charge is 2.53. The Morgan fingerprint density at radius 1 is 1.18 bits per heavy atom. The highest BCUT2D eigenvalue weighted by molar-refractivity contribution is 6.23. The average Bonchev–Trinajstić information content (AvgIpc) is 3.05. The summed E-state index contributed by atoms with van der Waals surface area (Å²) in [5.74, 6) is 0.374. The number of rotatable bonds is 4. The van der Waals surface area contributed by atoms with Gasteiger partial charge in [-0.1, -0.05) is 18.2 Å². The van der Waals surface area contributed by atoms with E-state index in [0.29, 0.717) is 37.0 Å². The van der Waals surface area contributed by atoms with Crippen molar-refractivity contribution in [3.8, 4) is 0 Å². The SMILES string of the molecule is CN1C(=O)C2C(=NC(CN3CCOCC3)=[N+]2Cc2ccccc2F)N(C)C1=O. The maximum Gasteiger partial charge on any atom is 0.333 e. The van der Waals surface area contributed by atoms with E-state index in [4.69, 9.17) is 4.74 Å². The first-order valence-corrected chi connectivity index (χ1v) is 9.27. The number of urea groups is 1. The molecule has 0 saturated carbocycles. The second kappa shape index (κ2) is 7.40. The molecule has 1 aromatic carbocycles. The Hall–Kier alpha value is -2.65. The minimum absolute atomic E-state index is 0.200. The number of carbonyl (C=O) groups excluding carboxylic acids is 2. The summed E-state index contributed by atoms with van der Waals surface area (Å²) >= 11 is 0. The Balaban J connectivity index is 1.72. The molecular formula is C19H23FN5O3+. The van der Waals surface area contributed by atoms with Crippen molar-refractivity contribution in [1.29, 1.82) is 0 Å². The van der Waals surface area contributed by atoms with Gasteiger partial charge in [-0.05, 0) is 11.1 Å². The molecule has 3 aliphatic rings. The van der Waals surface area contributed by atoms with E-state index in [2.05, 4.69) is 9.89 Å². The van der Waals surface area contributed by atoms with Crippen molar-refractivity contribution in [2.75, 3.05) is 46.9 Å². The molecule has 1 aromatic rings. The molecule has 148 valence electrons. The van der Waals surface area contributed by atoms with Gasteiger partial charge in [-0.3, -0.25) is 19.5 Å². The zero-order valence-corrected chi connectivity index (χ0v) is 16.0. The van der Waals surface area contributed by atoms with E-state index in [-0.39, 0.29) is 18.3 Å². The maximum atomic E-state index is 14.3. The number of carbonyl (C=O) groups is 2. The van der Waals surface area contributed by atoms with Crippen LogP contribution in [0.15, 0.2) is 29.3 Å². The maximum absolute atomic E-state index is 14.3. The smallest absolute Gasteiger partial charge is 0.333 e. The van der Waals surface area contributed by atoms with Crippen molar-refractivity contribution in [2.24, 2.45) is 4.99 Å². The van der Waals surface area contributed by atoms with Crippen LogP contribution >= 0.6 is 0 Å². The number of benzene rings is 1. The van der Waals surface area contributed by atoms with Gasteiger partial charge in [0.15, 0.2) is 0 Å². The molecule has 0 aromatic heterocycles. The van der Waals surface area contributed by atoms with Gasteiger partial charge in [0.2, 0.25) is 0 Å². The number of halogens is 1. The molecule has 0 N–H and O–H groups in total. The van der Waals surface area contributed by atoms with E-state index < -0.39 is 12.1 Å². The van der Waals surface area contributed by atoms with Gasteiger partial charge in [0.25, 0.3) is 17.8 Å². The van der Waals surface area contributed by atoms with Crippen LogP contribution in [0.2, 0.25) is 0 Å². The van der Waals surface area contributed by atoms with E-state index in [1.807, 2.05) is 4.58 Å². The molecule has 2 fully saturated rings. The van der Waals surface area contributed by atoms with Gasteiger partial charge in [-0.25, -0.2) is 13.8 Å². The summed E-state index contributed by atoms with van der Waals surface area (Å²) in [6, 6.07) is 5.35. The molecule has 1 unspecified atom stereocenters. The van der Waals surface area contributed by atoms with Crippen LogP contribution < -0.4 is 0 Å². The van der Waals surface area contributed by atoms with Crippen molar-refractivity contribution in [3.63, 3.8) is 0 Å². The van der Waals surface area contributed by atoms with Crippen molar-refractivity contribution in [1.82, 2.24) is 14.7 Å². The second-order valence-corrected chi connectivity index (χ2v) is 7.14. The average molecular weight is 388 g/mol. The number of hydrogen-bond acceptors (Lipinski definition) is 5. The summed E-state index contributed by atoms with van der Waals surface area (Å²) in [4.78, 5) is 34.5. The second-order valence-electron chi connectivity index (χ2n) is 7.14. The number of ether oxygens (including phenoxy) is 1. The normalized spacial score (nSPS) is 23.4. The van der Waals surface area contributed by atoms with E-state index >= 15 is 0 Å². The summed E-state index contributed by atoms with van der Waals surface area (Å²) in [6.07, 6.45) is 0. The van der Waals surface area contributed by atoms with Crippen LogP contribution in [0.25, 0.3) is 0 Å². The molecule has 1 atom stereocenters. The number of likely N-dealkylation sites (N-methyl/N-ethyl adjacent to an activating group) is 2. The number of amides is 3. The summed E-state index contributed by atoms with van der Waals surface area (Å²) in [6.45, 7) is 3.51. The molecule has 0 bridgehead atoms. The lowest BCUT2D eigenvalue weighted by atomic mass is 10.1. The van der Waals surface area contributed by atoms with Crippen LogP contribution in [0.3, 0.4) is 0 Å². The number of morpholine rings is 1. The largest absolute Gasteiger partial charge is 0.379 e.